The molecule has 2 aromatic rings. The zero-order valence-electron chi connectivity index (χ0n) is 17.8. The molecule has 0 fully saturated rings. The van der Waals surface area contributed by atoms with Crippen molar-refractivity contribution in [3.8, 4) is 0 Å². The highest BCUT2D eigenvalue weighted by Crippen LogP contribution is 2.44. The van der Waals surface area contributed by atoms with E-state index in [2.05, 4.69) is 0 Å². The van der Waals surface area contributed by atoms with E-state index in [-0.39, 0.29) is 34.2 Å². The van der Waals surface area contributed by atoms with Crippen molar-refractivity contribution in [1.29, 1.82) is 0 Å². The molecular formula is C21H18ClFN2O8S. The molecule has 0 saturated heterocycles. The topological polar surface area (TPSA) is 134 Å². The van der Waals surface area contributed by atoms with Gasteiger partial charge in [-0.15, -0.1) is 11.3 Å². The molecule has 3 rings (SSSR count). The molecule has 0 saturated carbocycles. The molecule has 1 aliphatic heterocycles. The van der Waals surface area contributed by atoms with E-state index in [0.717, 1.165) is 30.4 Å². The summed E-state index contributed by atoms with van der Waals surface area (Å²) in [5.41, 5.74) is 5.01. The number of benzene rings is 1. The summed E-state index contributed by atoms with van der Waals surface area (Å²) in [5, 5.41) is 1.32. The van der Waals surface area contributed by atoms with Crippen molar-refractivity contribution in [2.45, 2.75) is 20.3 Å². The van der Waals surface area contributed by atoms with Crippen molar-refractivity contribution in [3.63, 3.8) is 0 Å². The Hall–Kier alpha value is -3.48. The number of esters is 2. The maximum atomic E-state index is 14.3. The van der Waals surface area contributed by atoms with Crippen LogP contribution in [-0.4, -0.2) is 43.6 Å². The molecule has 0 bridgehead atoms. The molecule has 1 atom stereocenters. The predicted molar refractivity (Wildman–Crippen MR) is 119 cm³/mol. The summed E-state index contributed by atoms with van der Waals surface area (Å²) in [6.07, 6.45) is 0. The fourth-order valence-corrected chi connectivity index (χ4v) is 3.88. The third kappa shape index (κ3) is 5.35. The number of urea groups is 1. The molecule has 10 nitrogen and oxygen atoms in total. The van der Waals surface area contributed by atoms with Gasteiger partial charge in [-0.3, -0.25) is 14.3 Å². The number of amides is 3. The van der Waals surface area contributed by atoms with Crippen LogP contribution in [0.2, 0.25) is 5.02 Å². The van der Waals surface area contributed by atoms with Crippen LogP contribution in [-0.2, 0) is 33.3 Å². The van der Waals surface area contributed by atoms with Crippen LogP contribution in [0.5, 0.6) is 0 Å². The fourth-order valence-electron chi connectivity index (χ4n) is 3.01. The van der Waals surface area contributed by atoms with Gasteiger partial charge in [0.15, 0.2) is 12.4 Å². The van der Waals surface area contributed by atoms with Crippen molar-refractivity contribution in [1.82, 2.24) is 0 Å². The van der Waals surface area contributed by atoms with Crippen LogP contribution in [0.3, 0.4) is 0 Å². The number of hydrogen-bond donors (Lipinski definition) is 1. The molecule has 1 aromatic carbocycles. The maximum absolute atomic E-state index is 14.3. The Morgan fingerprint density at radius 2 is 2.00 bits per heavy atom. The number of ether oxygens (including phenoxy) is 4. The lowest BCUT2D eigenvalue weighted by molar-refractivity contribution is -0.250. The number of imide groups is 1. The normalized spacial score (nSPS) is 14.9. The van der Waals surface area contributed by atoms with Gasteiger partial charge in [-0.05, 0) is 30.5 Å². The van der Waals surface area contributed by atoms with E-state index in [1.165, 1.54) is 0 Å². The average molecular weight is 513 g/mol. The number of halogens is 2. The molecule has 0 radical (unpaired) electrons. The van der Waals surface area contributed by atoms with E-state index in [4.69, 9.17) is 36.3 Å². The summed E-state index contributed by atoms with van der Waals surface area (Å²) >= 11 is 6.97. The van der Waals surface area contributed by atoms with Crippen LogP contribution >= 0.6 is 22.9 Å². The van der Waals surface area contributed by atoms with Gasteiger partial charge in [0, 0.05) is 12.5 Å². The third-order valence-electron chi connectivity index (χ3n) is 4.28. The first-order valence-electron chi connectivity index (χ1n) is 9.66. The lowest BCUT2D eigenvalue weighted by Gasteiger charge is -2.21. The predicted octanol–water partition coefficient (Wildman–Crippen LogP) is 3.28. The first kappa shape index (κ1) is 25.1. The minimum absolute atomic E-state index is 0.0407. The lowest BCUT2D eigenvalue weighted by atomic mass is 10.0. The largest absolute Gasteiger partial charge is 0.464 e. The Kier molecular flexibility index (Phi) is 7.87. The van der Waals surface area contributed by atoms with Gasteiger partial charge < -0.3 is 19.9 Å². The second-order valence-corrected chi connectivity index (χ2v) is 7.93. The number of nitrogens with two attached hydrogens (primary N) is 1. The molecule has 1 unspecified atom stereocenters. The first-order chi connectivity index (χ1) is 16.1. The SMILES string of the molecule is CCOC(=O)COC(OC(C)=O)OC(=C1C(=O)N(C(N)=O)c2cc(Cl)c(F)cc21)c1cccs1. The Morgan fingerprint density at radius 3 is 2.59 bits per heavy atom. The van der Waals surface area contributed by atoms with E-state index in [1.54, 1.807) is 24.4 Å². The summed E-state index contributed by atoms with van der Waals surface area (Å²) in [4.78, 5) is 49.5. The summed E-state index contributed by atoms with van der Waals surface area (Å²) in [6.45, 7) is 0.331. The Bertz CT molecular complexity index is 1170. The molecule has 2 N–H and O–H groups in total. The van der Waals surface area contributed by atoms with Crippen LogP contribution in [0.25, 0.3) is 11.3 Å². The highest BCUT2D eigenvalue weighted by Gasteiger charge is 2.40. The third-order valence-corrected chi connectivity index (χ3v) is 5.44. The second kappa shape index (κ2) is 10.6. The number of hydrogen-bond acceptors (Lipinski definition) is 9. The quantitative estimate of drug-likeness (QED) is 0.246. The van der Waals surface area contributed by atoms with Crippen molar-refractivity contribution in [2.75, 3.05) is 18.1 Å². The number of primary amides is 1. The summed E-state index contributed by atoms with van der Waals surface area (Å²) in [5.74, 6) is -3.58. The van der Waals surface area contributed by atoms with Gasteiger partial charge in [-0.25, -0.2) is 18.9 Å². The fraction of sp³-hybridized carbons (Fsp3) is 0.238. The van der Waals surface area contributed by atoms with Gasteiger partial charge in [-0.1, -0.05) is 17.7 Å². The van der Waals surface area contributed by atoms with Crippen molar-refractivity contribution in [2.24, 2.45) is 5.73 Å². The summed E-state index contributed by atoms with van der Waals surface area (Å²) < 4.78 is 35.0. The molecule has 0 aliphatic carbocycles. The molecule has 180 valence electrons. The van der Waals surface area contributed by atoms with E-state index in [1.807, 2.05) is 0 Å². The smallest absolute Gasteiger partial charge is 0.363 e. The molecule has 0 spiro atoms. The number of fused-ring (bicyclic) bond motifs is 1. The minimum Gasteiger partial charge on any atom is -0.464 e. The van der Waals surface area contributed by atoms with Gasteiger partial charge in [0.2, 0.25) is 0 Å². The van der Waals surface area contributed by atoms with Crippen LogP contribution in [0, 0.1) is 5.82 Å². The standard InChI is InChI=1S/C21H18ClFN2O8S/c1-3-30-16(27)9-31-21(32-10(2)26)33-18(15-5-4-6-34-15)17-11-7-13(23)12(22)8-14(11)25(19(17)28)20(24)29/h4-8,21H,3,9H2,1-2H3,(H2,24,29). The van der Waals surface area contributed by atoms with E-state index in [9.17, 15) is 23.6 Å². The van der Waals surface area contributed by atoms with E-state index >= 15 is 0 Å². The monoisotopic (exact) mass is 512 g/mol. The van der Waals surface area contributed by atoms with Gasteiger partial charge >= 0.3 is 24.4 Å². The number of thiophene rings is 1. The minimum atomic E-state index is -1.79. The average Bonchev–Trinajstić information content (AvgIpc) is 3.37. The molecule has 1 aliphatic rings. The van der Waals surface area contributed by atoms with Crippen LogP contribution in [0.4, 0.5) is 14.9 Å². The first-order valence-corrected chi connectivity index (χ1v) is 10.9. The lowest BCUT2D eigenvalue weighted by Crippen LogP contribution is -2.38. The van der Waals surface area contributed by atoms with Crippen molar-refractivity contribution < 1.29 is 42.5 Å². The molecule has 1 aromatic heterocycles. The molecule has 34 heavy (non-hydrogen) atoms. The highest BCUT2D eigenvalue weighted by molar-refractivity contribution is 7.11. The Balaban J connectivity index is 2.13. The number of rotatable bonds is 8. The second-order valence-electron chi connectivity index (χ2n) is 6.58. The van der Waals surface area contributed by atoms with Crippen molar-refractivity contribution >= 4 is 63.8 Å². The van der Waals surface area contributed by atoms with E-state index in [0.29, 0.717) is 9.78 Å². The van der Waals surface area contributed by atoms with Gasteiger partial charge in [0.25, 0.3) is 5.91 Å². The van der Waals surface area contributed by atoms with Gasteiger partial charge in [-0.2, -0.15) is 0 Å². The van der Waals surface area contributed by atoms with Crippen LogP contribution < -0.4 is 10.6 Å². The number of carbonyl (C=O) groups excluding carboxylic acids is 4. The highest BCUT2D eigenvalue weighted by atomic mass is 35.5. The summed E-state index contributed by atoms with van der Waals surface area (Å²) in [7, 11) is 0. The maximum Gasteiger partial charge on any atom is 0.363 e. The van der Waals surface area contributed by atoms with E-state index < -0.39 is 42.8 Å². The van der Waals surface area contributed by atoms with Crippen LogP contribution in [0.1, 0.15) is 24.3 Å². The molecule has 13 heteroatoms. The molecule has 2 heterocycles. The molecule has 3 amide bonds. The van der Waals surface area contributed by atoms with Crippen molar-refractivity contribution in [3.05, 3.63) is 50.9 Å². The zero-order valence-corrected chi connectivity index (χ0v) is 19.4. The summed E-state index contributed by atoms with van der Waals surface area (Å²) in [6, 6.07) is 4.10. The Morgan fingerprint density at radius 1 is 1.26 bits per heavy atom. The number of anilines is 1. The van der Waals surface area contributed by atoms with Gasteiger partial charge in [0.1, 0.15) is 5.82 Å². The molecular weight excluding hydrogens is 495 g/mol. The van der Waals surface area contributed by atoms with Gasteiger partial charge in [0.05, 0.1) is 27.8 Å². The van der Waals surface area contributed by atoms with Crippen LogP contribution in [0.15, 0.2) is 29.6 Å². The Labute approximate surface area is 201 Å². The number of carbonyl (C=O) groups is 4. The number of nitrogens with zero attached hydrogens (tertiary/aromatic N) is 1. The zero-order chi connectivity index (χ0) is 25.0.